The Morgan fingerprint density at radius 3 is 2.23 bits per heavy atom. The molecular weight excluding hydrogens is 164 g/mol. The summed E-state index contributed by atoms with van der Waals surface area (Å²) in [4.78, 5) is 10.6. The van der Waals surface area contributed by atoms with Crippen molar-refractivity contribution in [3.05, 3.63) is 0 Å². The van der Waals surface area contributed by atoms with Gasteiger partial charge < -0.3 is 5.11 Å². The molecule has 0 atom stereocenters. The average Bonchev–Trinajstić information content (AvgIpc) is 2.05. The third-order valence-electron chi connectivity index (χ3n) is 3.19. The topological polar surface area (TPSA) is 37.3 Å². The largest absolute Gasteiger partial charge is 0.481 e. The number of aliphatic carboxylic acids is 1. The van der Waals surface area contributed by atoms with E-state index >= 15 is 0 Å². The van der Waals surface area contributed by atoms with Crippen LogP contribution in [0.4, 0.5) is 0 Å². The highest BCUT2D eigenvalue weighted by Gasteiger charge is 2.32. The summed E-state index contributed by atoms with van der Waals surface area (Å²) in [5.41, 5.74) is 0.143. The molecule has 78 valence electrons. The van der Waals surface area contributed by atoms with Gasteiger partial charge in [-0.15, -0.1) is 0 Å². The van der Waals surface area contributed by atoms with Crippen molar-refractivity contribution in [2.75, 3.05) is 0 Å². The molecule has 1 rings (SSSR count). The zero-order valence-corrected chi connectivity index (χ0v) is 7.81. The van der Waals surface area contributed by atoms with Gasteiger partial charge >= 0.3 is 5.97 Å². The molecule has 0 saturated heterocycles. The standard InChI is InChI=1S/C10H18O2.CH4/c1-2-10(8-9(11)12)6-4-3-5-7-10;/h2-8H2,1H3,(H,11,12);1H4. The van der Waals surface area contributed by atoms with Gasteiger partial charge in [-0.1, -0.05) is 33.6 Å². The molecule has 1 aliphatic carbocycles. The molecule has 2 nitrogen and oxygen atoms in total. The highest BCUT2D eigenvalue weighted by molar-refractivity contribution is 5.67. The number of carbonyl (C=O) groups is 1. The third-order valence-corrected chi connectivity index (χ3v) is 3.19. The molecule has 0 aromatic rings. The molecule has 13 heavy (non-hydrogen) atoms. The number of hydrogen-bond acceptors (Lipinski definition) is 1. The molecule has 1 saturated carbocycles. The predicted octanol–water partition coefficient (Wildman–Crippen LogP) is 3.46. The Morgan fingerprint density at radius 2 is 1.85 bits per heavy atom. The lowest BCUT2D eigenvalue weighted by atomic mass is 9.70. The first kappa shape index (κ1) is 12.5. The van der Waals surface area contributed by atoms with Crippen molar-refractivity contribution >= 4 is 5.97 Å². The lowest BCUT2D eigenvalue weighted by molar-refractivity contribution is -0.140. The maximum absolute atomic E-state index is 10.6. The average molecular weight is 186 g/mol. The predicted molar refractivity (Wildman–Crippen MR) is 54.8 cm³/mol. The smallest absolute Gasteiger partial charge is 0.303 e. The molecular formula is C11H22O2. The summed E-state index contributed by atoms with van der Waals surface area (Å²) in [5.74, 6) is -0.626. The van der Waals surface area contributed by atoms with Crippen LogP contribution in [0.15, 0.2) is 0 Å². The molecule has 0 aromatic heterocycles. The van der Waals surface area contributed by atoms with Crippen molar-refractivity contribution in [2.24, 2.45) is 5.41 Å². The van der Waals surface area contributed by atoms with Gasteiger partial charge in [-0.05, 0) is 24.7 Å². The normalized spacial score (nSPS) is 20.4. The maximum Gasteiger partial charge on any atom is 0.303 e. The number of carboxylic acids is 1. The molecule has 1 aliphatic rings. The first-order valence-electron chi connectivity index (χ1n) is 4.90. The van der Waals surface area contributed by atoms with E-state index in [9.17, 15) is 4.79 Å². The Hall–Kier alpha value is -0.530. The fourth-order valence-electron chi connectivity index (χ4n) is 2.28. The molecule has 0 unspecified atom stereocenters. The quantitative estimate of drug-likeness (QED) is 0.733. The second-order valence-corrected chi connectivity index (χ2v) is 3.98. The van der Waals surface area contributed by atoms with Crippen LogP contribution >= 0.6 is 0 Å². The second kappa shape index (κ2) is 5.25. The summed E-state index contributed by atoms with van der Waals surface area (Å²) in [7, 11) is 0. The summed E-state index contributed by atoms with van der Waals surface area (Å²) in [5, 5.41) is 8.76. The molecule has 0 aromatic carbocycles. The highest BCUT2D eigenvalue weighted by atomic mass is 16.4. The Labute approximate surface area is 81.3 Å². The number of hydrogen-bond donors (Lipinski definition) is 1. The summed E-state index contributed by atoms with van der Waals surface area (Å²) < 4.78 is 0. The Kier molecular flexibility index (Phi) is 5.04. The van der Waals surface area contributed by atoms with Crippen LogP contribution in [0.5, 0.6) is 0 Å². The Balaban J connectivity index is 0.00000144. The van der Waals surface area contributed by atoms with E-state index < -0.39 is 5.97 Å². The van der Waals surface area contributed by atoms with Gasteiger partial charge in [-0.2, -0.15) is 0 Å². The van der Waals surface area contributed by atoms with E-state index in [1.807, 2.05) is 0 Å². The summed E-state index contributed by atoms with van der Waals surface area (Å²) in [6, 6.07) is 0. The van der Waals surface area contributed by atoms with E-state index in [0.29, 0.717) is 6.42 Å². The zero-order chi connectivity index (χ0) is 9.03. The molecule has 1 N–H and O–H groups in total. The van der Waals surface area contributed by atoms with Gasteiger partial charge in [0.2, 0.25) is 0 Å². The van der Waals surface area contributed by atoms with Gasteiger partial charge in [0, 0.05) is 0 Å². The van der Waals surface area contributed by atoms with E-state index in [-0.39, 0.29) is 12.8 Å². The van der Waals surface area contributed by atoms with Crippen LogP contribution in [0, 0.1) is 5.41 Å². The SMILES string of the molecule is C.CCC1(CC(=O)O)CCCCC1. The van der Waals surface area contributed by atoms with Crippen LogP contribution in [-0.4, -0.2) is 11.1 Å². The van der Waals surface area contributed by atoms with E-state index in [2.05, 4.69) is 6.92 Å². The number of carboxylic acid groups (broad SMARTS) is 1. The minimum absolute atomic E-state index is 0. The summed E-state index contributed by atoms with van der Waals surface area (Å²) >= 11 is 0. The van der Waals surface area contributed by atoms with Crippen LogP contribution in [0.1, 0.15) is 59.3 Å². The molecule has 0 aliphatic heterocycles. The molecule has 2 heteroatoms. The minimum atomic E-state index is -0.626. The molecule has 1 fully saturated rings. The summed E-state index contributed by atoms with van der Waals surface area (Å²) in [6.07, 6.45) is 7.39. The van der Waals surface area contributed by atoms with Crippen LogP contribution < -0.4 is 0 Å². The minimum Gasteiger partial charge on any atom is -0.481 e. The van der Waals surface area contributed by atoms with Crippen molar-refractivity contribution in [1.29, 1.82) is 0 Å². The molecule has 0 radical (unpaired) electrons. The van der Waals surface area contributed by atoms with Gasteiger partial charge in [-0.25, -0.2) is 0 Å². The molecule has 0 amide bonds. The van der Waals surface area contributed by atoms with Gasteiger partial charge in [0.1, 0.15) is 0 Å². The Bertz CT molecular complexity index is 157. The van der Waals surface area contributed by atoms with E-state index in [0.717, 1.165) is 19.3 Å². The maximum atomic E-state index is 10.6. The number of rotatable bonds is 3. The second-order valence-electron chi connectivity index (χ2n) is 3.98. The molecule has 0 heterocycles. The lowest BCUT2D eigenvalue weighted by Gasteiger charge is -2.35. The third kappa shape index (κ3) is 3.37. The van der Waals surface area contributed by atoms with E-state index in [1.165, 1.54) is 19.3 Å². The van der Waals surface area contributed by atoms with Crippen LogP contribution in [0.2, 0.25) is 0 Å². The molecule has 0 spiro atoms. The molecule has 0 bridgehead atoms. The first-order valence-corrected chi connectivity index (χ1v) is 4.90. The van der Waals surface area contributed by atoms with Gasteiger partial charge in [0.25, 0.3) is 0 Å². The monoisotopic (exact) mass is 186 g/mol. The Morgan fingerprint density at radius 1 is 1.31 bits per heavy atom. The van der Waals surface area contributed by atoms with Crippen molar-refractivity contribution < 1.29 is 9.90 Å². The first-order chi connectivity index (χ1) is 5.68. The van der Waals surface area contributed by atoms with Crippen LogP contribution in [0.3, 0.4) is 0 Å². The zero-order valence-electron chi connectivity index (χ0n) is 7.81. The van der Waals surface area contributed by atoms with Crippen LogP contribution in [-0.2, 0) is 4.79 Å². The fourth-order valence-corrected chi connectivity index (χ4v) is 2.28. The van der Waals surface area contributed by atoms with Gasteiger partial charge in [-0.3, -0.25) is 4.79 Å². The van der Waals surface area contributed by atoms with Gasteiger partial charge in [0.15, 0.2) is 0 Å². The summed E-state index contributed by atoms with van der Waals surface area (Å²) in [6.45, 7) is 2.12. The highest BCUT2D eigenvalue weighted by Crippen LogP contribution is 2.41. The fraction of sp³-hybridized carbons (Fsp3) is 0.909. The van der Waals surface area contributed by atoms with Crippen molar-refractivity contribution in [3.63, 3.8) is 0 Å². The lowest BCUT2D eigenvalue weighted by Crippen LogP contribution is -2.26. The van der Waals surface area contributed by atoms with Crippen molar-refractivity contribution in [2.45, 2.75) is 59.3 Å². The van der Waals surface area contributed by atoms with Crippen molar-refractivity contribution in [3.8, 4) is 0 Å². The van der Waals surface area contributed by atoms with Crippen LogP contribution in [0.25, 0.3) is 0 Å². The van der Waals surface area contributed by atoms with Crippen molar-refractivity contribution in [1.82, 2.24) is 0 Å². The van der Waals surface area contributed by atoms with E-state index in [4.69, 9.17) is 5.11 Å². The van der Waals surface area contributed by atoms with E-state index in [1.54, 1.807) is 0 Å². The van der Waals surface area contributed by atoms with Gasteiger partial charge in [0.05, 0.1) is 6.42 Å².